The number of hydrogen-bond acceptors (Lipinski definition) is 3. The van der Waals surface area contributed by atoms with Crippen LogP contribution in [0, 0.1) is 11.3 Å². The number of carboxylic acid groups (broad SMARTS) is 1. The first kappa shape index (κ1) is 17.5. The molecule has 1 fully saturated rings. The largest absolute Gasteiger partial charge is 0.481 e. The molecule has 20 heavy (non-hydrogen) atoms. The van der Waals surface area contributed by atoms with E-state index in [1.165, 1.54) is 0 Å². The van der Waals surface area contributed by atoms with Crippen molar-refractivity contribution in [3.05, 3.63) is 0 Å². The first-order valence-electron chi connectivity index (χ1n) is 7.68. The SMILES string of the molecule is CCCC1CCC(CCS(=O)(=O)C(C)C)(C(=O)O)CC1. The Labute approximate surface area is 122 Å². The summed E-state index contributed by atoms with van der Waals surface area (Å²) >= 11 is 0. The van der Waals surface area contributed by atoms with Crippen LogP contribution in [0.1, 0.15) is 65.7 Å². The highest BCUT2D eigenvalue weighted by molar-refractivity contribution is 7.91. The van der Waals surface area contributed by atoms with E-state index in [1.807, 2.05) is 0 Å². The van der Waals surface area contributed by atoms with Crippen LogP contribution in [0.2, 0.25) is 0 Å². The van der Waals surface area contributed by atoms with Crippen molar-refractivity contribution >= 4 is 15.8 Å². The van der Waals surface area contributed by atoms with Gasteiger partial charge >= 0.3 is 5.97 Å². The molecule has 1 saturated carbocycles. The number of carbonyl (C=O) groups is 1. The summed E-state index contributed by atoms with van der Waals surface area (Å²) in [6.45, 7) is 5.45. The molecule has 1 aliphatic carbocycles. The maximum Gasteiger partial charge on any atom is 0.309 e. The van der Waals surface area contributed by atoms with E-state index in [-0.39, 0.29) is 12.2 Å². The Bertz CT molecular complexity index is 417. The van der Waals surface area contributed by atoms with Gasteiger partial charge in [0.1, 0.15) is 0 Å². The Balaban J connectivity index is 2.69. The highest BCUT2D eigenvalue weighted by atomic mass is 32.2. The lowest BCUT2D eigenvalue weighted by atomic mass is 9.68. The summed E-state index contributed by atoms with van der Waals surface area (Å²) in [6, 6.07) is 0. The summed E-state index contributed by atoms with van der Waals surface area (Å²) in [6.07, 6.45) is 5.64. The van der Waals surface area contributed by atoms with Crippen molar-refractivity contribution in [2.24, 2.45) is 11.3 Å². The molecule has 0 aliphatic heterocycles. The molecule has 1 aliphatic rings. The van der Waals surface area contributed by atoms with Gasteiger partial charge < -0.3 is 5.11 Å². The summed E-state index contributed by atoms with van der Waals surface area (Å²) in [5.74, 6) is -0.198. The lowest BCUT2D eigenvalue weighted by molar-refractivity contribution is -0.151. The summed E-state index contributed by atoms with van der Waals surface area (Å²) in [5.41, 5.74) is -0.813. The van der Waals surface area contributed by atoms with E-state index >= 15 is 0 Å². The van der Waals surface area contributed by atoms with Gasteiger partial charge in [-0.15, -0.1) is 0 Å². The van der Waals surface area contributed by atoms with E-state index in [0.717, 1.165) is 25.7 Å². The van der Waals surface area contributed by atoms with Crippen LogP contribution in [0.25, 0.3) is 0 Å². The van der Waals surface area contributed by atoms with Gasteiger partial charge in [-0.25, -0.2) is 8.42 Å². The van der Waals surface area contributed by atoms with Crippen LogP contribution < -0.4 is 0 Å². The quantitative estimate of drug-likeness (QED) is 0.783. The van der Waals surface area contributed by atoms with E-state index in [1.54, 1.807) is 13.8 Å². The lowest BCUT2D eigenvalue weighted by Gasteiger charge is -2.37. The van der Waals surface area contributed by atoms with Gasteiger partial charge in [-0.2, -0.15) is 0 Å². The molecule has 0 spiro atoms. The molecular weight excluding hydrogens is 276 g/mol. The second-order valence-corrected chi connectivity index (χ2v) is 9.16. The molecule has 4 nitrogen and oxygen atoms in total. The predicted molar refractivity (Wildman–Crippen MR) is 80.5 cm³/mol. The minimum Gasteiger partial charge on any atom is -0.481 e. The van der Waals surface area contributed by atoms with Gasteiger partial charge in [0.15, 0.2) is 9.84 Å². The van der Waals surface area contributed by atoms with E-state index in [0.29, 0.717) is 18.8 Å². The van der Waals surface area contributed by atoms with Crippen molar-refractivity contribution in [3.63, 3.8) is 0 Å². The normalized spacial score (nSPS) is 27.7. The predicted octanol–water partition coefficient (Wildman–Crippen LogP) is 3.26. The van der Waals surface area contributed by atoms with Crippen LogP contribution in [-0.2, 0) is 14.6 Å². The Kier molecular flexibility index (Phi) is 6.05. The van der Waals surface area contributed by atoms with Gasteiger partial charge in [0.25, 0.3) is 0 Å². The Hall–Kier alpha value is -0.580. The first-order chi connectivity index (χ1) is 9.23. The minimum absolute atomic E-state index is 0.00455. The third-order valence-electron chi connectivity index (χ3n) is 4.80. The van der Waals surface area contributed by atoms with Crippen molar-refractivity contribution < 1.29 is 18.3 Å². The average molecular weight is 304 g/mol. The van der Waals surface area contributed by atoms with Gasteiger partial charge in [0.2, 0.25) is 0 Å². The molecule has 118 valence electrons. The molecule has 0 aromatic rings. The number of hydrogen-bond donors (Lipinski definition) is 1. The van der Waals surface area contributed by atoms with Crippen molar-refractivity contribution in [1.82, 2.24) is 0 Å². The van der Waals surface area contributed by atoms with Crippen molar-refractivity contribution in [3.8, 4) is 0 Å². The van der Waals surface area contributed by atoms with E-state index < -0.39 is 26.5 Å². The zero-order valence-corrected chi connectivity index (χ0v) is 13.7. The molecule has 1 N–H and O–H groups in total. The lowest BCUT2D eigenvalue weighted by Crippen LogP contribution is -2.37. The van der Waals surface area contributed by atoms with Crippen molar-refractivity contribution in [2.75, 3.05) is 5.75 Å². The van der Waals surface area contributed by atoms with E-state index in [9.17, 15) is 18.3 Å². The third kappa shape index (κ3) is 4.21. The molecule has 0 bridgehead atoms. The van der Waals surface area contributed by atoms with Crippen LogP contribution in [0.15, 0.2) is 0 Å². The molecule has 0 aromatic heterocycles. The highest BCUT2D eigenvalue weighted by Crippen LogP contribution is 2.43. The molecule has 0 unspecified atom stereocenters. The van der Waals surface area contributed by atoms with Crippen LogP contribution >= 0.6 is 0 Å². The van der Waals surface area contributed by atoms with Gasteiger partial charge in [-0.1, -0.05) is 19.8 Å². The molecular formula is C15H28O4S. The molecule has 0 heterocycles. The summed E-state index contributed by atoms with van der Waals surface area (Å²) in [4.78, 5) is 11.6. The smallest absolute Gasteiger partial charge is 0.309 e. The Morgan fingerprint density at radius 1 is 1.30 bits per heavy atom. The maximum absolute atomic E-state index is 11.9. The molecule has 0 atom stereocenters. The summed E-state index contributed by atoms with van der Waals surface area (Å²) in [5, 5.41) is 9.12. The topological polar surface area (TPSA) is 71.4 Å². The Morgan fingerprint density at radius 3 is 2.25 bits per heavy atom. The molecule has 1 rings (SSSR count). The summed E-state index contributed by atoms with van der Waals surface area (Å²) in [7, 11) is -3.16. The van der Waals surface area contributed by atoms with Crippen LogP contribution in [0.3, 0.4) is 0 Å². The van der Waals surface area contributed by atoms with Gasteiger partial charge in [0, 0.05) is 0 Å². The zero-order chi connectivity index (χ0) is 15.4. The fourth-order valence-corrected chi connectivity index (χ4v) is 4.22. The standard InChI is InChI=1S/C15H28O4S/c1-4-5-13-6-8-15(9-7-13,14(16)17)10-11-20(18,19)12(2)3/h12-13H,4-11H2,1-3H3,(H,16,17). The molecule has 0 radical (unpaired) electrons. The minimum atomic E-state index is -3.16. The number of aliphatic carboxylic acids is 1. The average Bonchev–Trinajstić information content (AvgIpc) is 2.38. The second kappa shape index (κ2) is 6.92. The van der Waals surface area contributed by atoms with Crippen molar-refractivity contribution in [2.45, 2.75) is 71.0 Å². The highest BCUT2D eigenvalue weighted by Gasteiger charge is 2.42. The van der Waals surface area contributed by atoms with E-state index in [2.05, 4.69) is 6.92 Å². The van der Waals surface area contributed by atoms with Crippen LogP contribution in [0.5, 0.6) is 0 Å². The van der Waals surface area contributed by atoms with Crippen LogP contribution in [-0.4, -0.2) is 30.5 Å². The van der Waals surface area contributed by atoms with Gasteiger partial charge in [-0.05, 0) is 51.9 Å². The van der Waals surface area contributed by atoms with E-state index in [4.69, 9.17) is 0 Å². The van der Waals surface area contributed by atoms with Gasteiger partial charge in [-0.3, -0.25) is 4.79 Å². The first-order valence-corrected chi connectivity index (χ1v) is 9.40. The fourth-order valence-electron chi connectivity index (χ4n) is 3.07. The summed E-state index contributed by atoms with van der Waals surface area (Å²) < 4.78 is 23.8. The second-order valence-electron chi connectivity index (χ2n) is 6.48. The maximum atomic E-state index is 11.9. The molecule has 0 saturated heterocycles. The van der Waals surface area contributed by atoms with Crippen molar-refractivity contribution in [1.29, 1.82) is 0 Å². The molecule has 0 amide bonds. The number of sulfone groups is 1. The molecule has 0 aromatic carbocycles. The number of carboxylic acids is 1. The molecule has 5 heteroatoms. The Morgan fingerprint density at radius 2 is 1.85 bits per heavy atom. The van der Waals surface area contributed by atoms with Crippen LogP contribution in [0.4, 0.5) is 0 Å². The monoisotopic (exact) mass is 304 g/mol. The number of rotatable bonds is 7. The third-order valence-corrected chi connectivity index (χ3v) is 7.01. The van der Waals surface area contributed by atoms with Gasteiger partial charge in [0.05, 0.1) is 16.4 Å². The fraction of sp³-hybridized carbons (Fsp3) is 0.933. The zero-order valence-electron chi connectivity index (χ0n) is 12.9.